The molecule has 2 N–H and O–H groups in total. The molecule has 188 valence electrons. The summed E-state index contributed by atoms with van der Waals surface area (Å²) in [6.07, 6.45) is 1.75. The molecular formula is C32H32NO4+. The van der Waals surface area contributed by atoms with Crippen molar-refractivity contribution in [1.82, 2.24) is 0 Å². The molecule has 0 saturated carbocycles. The Hall–Kier alpha value is -3.99. The number of carboxylic acids is 1. The van der Waals surface area contributed by atoms with Crippen LogP contribution in [0.4, 0.5) is 5.69 Å². The van der Waals surface area contributed by atoms with Gasteiger partial charge in [0.2, 0.25) is 11.5 Å². The van der Waals surface area contributed by atoms with Gasteiger partial charge in [0.05, 0.1) is 22.1 Å². The van der Waals surface area contributed by atoms with Crippen LogP contribution in [0, 0.1) is 13.8 Å². The van der Waals surface area contributed by atoms with E-state index < -0.39 is 11.4 Å². The lowest BCUT2D eigenvalue weighted by atomic mass is 9.77. The number of hydrogen-bond donors (Lipinski definition) is 2. The Balaban J connectivity index is 1.60. The maximum atomic E-state index is 13.4. The Bertz CT molecular complexity index is 1600. The van der Waals surface area contributed by atoms with E-state index in [1.165, 1.54) is 5.56 Å². The number of aromatic carboxylic acids is 1. The second-order valence-electron chi connectivity index (χ2n) is 11.0. The Morgan fingerprint density at radius 2 is 1.70 bits per heavy atom. The Morgan fingerprint density at radius 1 is 1.00 bits per heavy atom. The molecule has 0 spiro atoms. The summed E-state index contributed by atoms with van der Waals surface area (Å²) in [4.78, 5) is 25.0. The molecule has 0 bridgehead atoms. The number of aryl methyl sites for hydroxylation is 1. The fourth-order valence-electron chi connectivity index (χ4n) is 5.70. The van der Waals surface area contributed by atoms with Crippen molar-refractivity contribution < 1.29 is 24.4 Å². The predicted molar refractivity (Wildman–Crippen MR) is 147 cm³/mol. The van der Waals surface area contributed by atoms with Crippen molar-refractivity contribution in [1.29, 1.82) is 0 Å². The number of Topliss-reactive ketones (excluding diaryl/α,β-unsaturated/α-hetero) is 1. The van der Waals surface area contributed by atoms with E-state index >= 15 is 0 Å². The van der Waals surface area contributed by atoms with Crippen LogP contribution in [0.1, 0.15) is 71.8 Å². The number of carbonyl (C=O) groups excluding carboxylic acids is 1. The first kappa shape index (κ1) is 24.7. The summed E-state index contributed by atoms with van der Waals surface area (Å²) in [7, 11) is 1.90. The second kappa shape index (κ2) is 8.27. The molecular weight excluding hydrogens is 462 g/mol. The number of aliphatic hydroxyl groups excluding tert-OH is 1. The van der Waals surface area contributed by atoms with Crippen LogP contribution in [-0.2, 0) is 10.2 Å². The molecule has 3 aliphatic carbocycles. The molecule has 1 aromatic rings. The van der Waals surface area contributed by atoms with Gasteiger partial charge in [0.25, 0.3) is 0 Å². The smallest absolute Gasteiger partial charge is 0.335 e. The number of rotatable bonds is 4. The Labute approximate surface area is 217 Å². The molecule has 4 aliphatic rings. The topological polar surface area (TPSA) is 77.6 Å². The third-order valence-electron chi connectivity index (χ3n) is 8.11. The zero-order chi connectivity index (χ0) is 27.0. The van der Waals surface area contributed by atoms with E-state index in [0.29, 0.717) is 11.5 Å². The van der Waals surface area contributed by atoms with Gasteiger partial charge in [0.15, 0.2) is 5.71 Å². The van der Waals surface area contributed by atoms with E-state index in [2.05, 4.69) is 39.0 Å². The van der Waals surface area contributed by atoms with E-state index in [1.807, 2.05) is 38.5 Å². The van der Waals surface area contributed by atoms with Gasteiger partial charge in [-0.3, -0.25) is 4.79 Å². The van der Waals surface area contributed by atoms with Gasteiger partial charge in [0.1, 0.15) is 12.8 Å². The summed E-state index contributed by atoms with van der Waals surface area (Å²) in [5.74, 6) is -0.775. The van der Waals surface area contributed by atoms with E-state index in [1.54, 1.807) is 24.3 Å². The first-order chi connectivity index (χ1) is 17.3. The van der Waals surface area contributed by atoms with Crippen LogP contribution in [0.25, 0.3) is 16.7 Å². The van der Waals surface area contributed by atoms with E-state index in [-0.39, 0.29) is 22.7 Å². The minimum Gasteiger partial charge on any atom is -0.506 e. The van der Waals surface area contributed by atoms with Gasteiger partial charge in [-0.1, -0.05) is 32.0 Å². The number of hydrogen-bond acceptors (Lipinski definition) is 3. The summed E-state index contributed by atoms with van der Waals surface area (Å²) in [6, 6.07) is 13.6. The Kier molecular flexibility index (Phi) is 5.52. The predicted octanol–water partition coefficient (Wildman–Crippen LogP) is 6.71. The van der Waals surface area contributed by atoms with Crippen molar-refractivity contribution in [2.75, 3.05) is 7.05 Å². The zero-order valence-corrected chi connectivity index (χ0v) is 22.4. The fourth-order valence-corrected chi connectivity index (χ4v) is 5.70. The largest absolute Gasteiger partial charge is 0.506 e. The summed E-state index contributed by atoms with van der Waals surface area (Å²) in [6.45, 7) is 12.4. The third kappa shape index (κ3) is 3.56. The number of nitrogens with zero attached hydrogens (tertiary/aromatic N) is 1. The van der Waals surface area contributed by atoms with Crippen molar-refractivity contribution in [3.8, 4) is 11.1 Å². The number of carbonyl (C=O) groups is 2. The van der Waals surface area contributed by atoms with Crippen molar-refractivity contribution in [3.63, 3.8) is 0 Å². The van der Waals surface area contributed by atoms with Crippen molar-refractivity contribution in [2.24, 2.45) is 0 Å². The number of ketones is 1. The molecule has 0 radical (unpaired) electrons. The molecule has 5 rings (SSSR count). The molecule has 5 heteroatoms. The first-order valence-corrected chi connectivity index (χ1v) is 12.6. The third-order valence-corrected chi connectivity index (χ3v) is 8.11. The average molecular weight is 495 g/mol. The van der Waals surface area contributed by atoms with Crippen LogP contribution >= 0.6 is 0 Å². The van der Waals surface area contributed by atoms with Gasteiger partial charge in [-0.05, 0) is 85.2 Å². The summed E-state index contributed by atoms with van der Waals surface area (Å²) >= 11 is 0. The minimum absolute atomic E-state index is 0.00778. The van der Waals surface area contributed by atoms with E-state index in [9.17, 15) is 19.8 Å². The molecule has 0 atom stereocenters. The van der Waals surface area contributed by atoms with Gasteiger partial charge in [-0.25, -0.2) is 4.79 Å². The lowest BCUT2D eigenvalue weighted by Gasteiger charge is -2.23. The molecule has 0 unspecified atom stereocenters. The molecule has 37 heavy (non-hydrogen) atoms. The lowest BCUT2D eigenvalue weighted by molar-refractivity contribution is -0.401. The summed E-state index contributed by atoms with van der Waals surface area (Å²) < 4.78 is 1.96. The maximum Gasteiger partial charge on any atom is 0.335 e. The van der Waals surface area contributed by atoms with Crippen LogP contribution in [0.15, 0.2) is 59.9 Å². The lowest BCUT2D eigenvalue weighted by Crippen LogP contribution is -2.30. The van der Waals surface area contributed by atoms with Gasteiger partial charge in [0, 0.05) is 17.7 Å². The average Bonchev–Trinajstić information content (AvgIpc) is 3.16. The number of aliphatic hydroxyl groups is 1. The normalized spacial score (nSPS) is 17.7. The van der Waals surface area contributed by atoms with Crippen molar-refractivity contribution in [3.05, 3.63) is 93.3 Å². The number of allylic oxidation sites excluding steroid dienone is 3. The van der Waals surface area contributed by atoms with Gasteiger partial charge < -0.3 is 10.2 Å². The monoisotopic (exact) mass is 494 g/mol. The standard InChI is InChI=1S/C32H31NO4/c1-16(2)19-9-8-17(3)21-14-23(18(4)22(21)12-19)28-29(34)24(30(28)35)15-27-32(5,6)25-13-20(31(36)37)10-11-26(25)33(27)7/h8-16H,1-7H3,(H-,34,35,36,37)/p+1. The van der Waals surface area contributed by atoms with E-state index in [4.69, 9.17) is 0 Å². The van der Waals surface area contributed by atoms with E-state index in [0.717, 1.165) is 44.8 Å². The van der Waals surface area contributed by atoms with Gasteiger partial charge in [-0.2, -0.15) is 4.58 Å². The van der Waals surface area contributed by atoms with Crippen molar-refractivity contribution >= 4 is 28.7 Å². The molecule has 1 aliphatic heterocycles. The quantitative estimate of drug-likeness (QED) is 0.312. The zero-order valence-electron chi connectivity index (χ0n) is 22.4. The SMILES string of the molecule is Cc1ccc(C(C)C)cc2c(C)c(C3=C(O)C(=CC4=[N+](C)c5ccc(C(=O)O)cc5C4(C)C)C3=O)cc1-2. The van der Waals surface area contributed by atoms with Gasteiger partial charge in [-0.15, -0.1) is 0 Å². The second-order valence-corrected chi connectivity index (χ2v) is 11.0. The fraction of sp³-hybridized carbons (Fsp3) is 0.281. The van der Waals surface area contributed by atoms with Crippen LogP contribution in [-0.4, -0.2) is 39.3 Å². The van der Waals surface area contributed by atoms with Crippen LogP contribution in [0.2, 0.25) is 0 Å². The molecule has 1 heterocycles. The summed E-state index contributed by atoms with van der Waals surface area (Å²) in [5.41, 5.74) is 9.22. The van der Waals surface area contributed by atoms with Crippen molar-refractivity contribution in [2.45, 2.75) is 52.9 Å². The number of fused-ring (bicyclic) bond motifs is 2. The highest BCUT2D eigenvalue weighted by Crippen LogP contribution is 2.46. The highest BCUT2D eigenvalue weighted by Gasteiger charge is 2.46. The molecule has 0 aromatic heterocycles. The highest BCUT2D eigenvalue weighted by atomic mass is 16.4. The van der Waals surface area contributed by atoms with Crippen LogP contribution in [0.5, 0.6) is 0 Å². The molecule has 0 fully saturated rings. The highest BCUT2D eigenvalue weighted by molar-refractivity contribution is 6.40. The van der Waals surface area contributed by atoms with Crippen LogP contribution < -0.4 is 0 Å². The first-order valence-electron chi connectivity index (χ1n) is 12.6. The van der Waals surface area contributed by atoms with Crippen LogP contribution in [0.3, 0.4) is 0 Å². The summed E-state index contributed by atoms with van der Waals surface area (Å²) in [5, 5.41) is 20.6. The maximum absolute atomic E-state index is 13.4. The molecule has 1 aromatic carbocycles. The molecule has 0 amide bonds. The minimum atomic E-state index is -0.978. The number of benzene rings is 1. The van der Waals surface area contributed by atoms with Gasteiger partial charge >= 0.3 is 5.97 Å². The molecule has 5 nitrogen and oxygen atoms in total. The Morgan fingerprint density at radius 3 is 2.32 bits per heavy atom. The number of carboxylic acid groups (broad SMARTS) is 1. The molecule has 0 saturated heterocycles.